The van der Waals surface area contributed by atoms with E-state index in [0.717, 1.165) is 5.56 Å². The predicted molar refractivity (Wildman–Crippen MR) is 59.5 cm³/mol. The molecule has 84 valence electrons. The van der Waals surface area contributed by atoms with Crippen LogP contribution in [0.2, 0.25) is 0 Å². The Hall–Kier alpha value is -0.920. The summed E-state index contributed by atoms with van der Waals surface area (Å²) >= 11 is 0. The van der Waals surface area contributed by atoms with E-state index in [9.17, 15) is 8.78 Å². The van der Waals surface area contributed by atoms with Gasteiger partial charge in [0.15, 0.2) is 0 Å². The monoisotopic (exact) mass is 212 g/mol. The zero-order valence-electron chi connectivity index (χ0n) is 9.77. The molecule has 0 spiro atoms. The van der Waals surface area contributed by atoms with Crippen molar-refractivity contribution in [1.29, 1.82) is 0 Å². The third-order valence-corrected chi connectivity index (χ3v) is 2.77. The van der Waals surface area contributed by atoms with Crippen molar-refractivity contribution in [3.8, 4) is 0 Å². The molecule has 0 unspecified atom stereocenters. The molecule has 0 bridgehead atoms. The summed E-state index contributed by atoms with van der Waals surface area (Å²) in [6, 6.07) is 5.35. The van der Waals surface area contributed by atoms with Crippen molar-refractivity contribution >= 4 is 0 Å². The maximum absolute atomic E-state index is 13.6. The van der Waals surface area contributed by atoms with Crippen molar-refractivity contribution in [1.82, 2.24) is 0 Å². The van der Waals surface area contributed by atoms with E-state index in [1.54, 1.807) is 19.1 Å². The van der Waals surface area contributed by atoms with Crippen LogP contribution in [-0.4, -0.2) is 0 Å². The van der Waals surface area contributed by atoms with Gasteiger partial charge in [0.05, 0.1) is 0 Å². The van der Waals surface area contributed by atoms with Crippen molar-refractivity contribution in [2.75, 3.05) is 0 Å². The molecule has 0 amide bonds. The second kappa shape index (κ2) is 4.30. The minimum Gasteiger partial charge on any atom is -0.201 e. The first-order valence-electron chi connectivity index (χ1n) is 5.37. The lowest BCUT2D eigenvalue weighted by Gasteiger charge is -2.19. The van der Waals surface area contributed by atoms with Crippen LogP contribution in [0.5, 0.6) is 0 Å². The molecule has 0 atom stereocenters. The summed E-state index contributed by atoms with van der Waals surface area (Å²) in [5, 5.41) is 0. The number of halogens is 2. The molecule has 0 aromatic heterocycles. The number of hydrogen-bond acceptors (Lipinski definition) is 0. The van der Waals surface area contributed by atoms with Crippen molar-refractivity contribution in [3.05, 3.63) is 34.9 Å². The maximum Gasteiger partial charge on any atom is 0.273 e. The van der Waals surface area contributed by atoms with Crippen LogP contribution in [0, 0.1) is 6.92 Å². The van der Waals surface area contributed by atoms with E-state index in [0.29, 0.717) is 5.56 Å². The van der Waals surface area contributed by atoms with Gasteiger partial charge in [-0.25, -0.2) is 8.78 Å². The molecule has 0 aliphatic carbocycles. The molecule has 0 aliphatic rings. The van der Waals surface area contributed by atoms with E-state index in [1.165, 1.54) is 6.92 Å². The van der Waals surface area contributed by atoms with Crippen LogP contribution in [-0.2, 0) is 5.92 Å². The van der Waals surface area contributed by atoms with E-state index in [4.69, 9.17) is 0 Å². The van der Waals surface area contributed by atoms with Gasteiger partial charge in [-0.05, 0) is 30.0 Å². The van der Waals surface area contributed by atoms with E-state index in [2.05, 4.69) is 0 Å². The van der Waals surface area contributed by atoms with Crippen molar-refractivity contribution in [2.45, 2.75) is 46.0 Å². The Bertz CT molecular complexity index is 340. The average molecular weight is 212 g/mol. The lowest BCUT2D eigenvalue weighted by atomic mass is 9.94. The molecule has 0 N–H and O–H groups in total. The normalized spacial score (nSPS) is 12.2. The minimum absolute atomic E-state index is 0.143. The van der Waals surface area contributed by atoms with Crippen LogP contribution >= 0.6 is 0 Å². The summed E-state index contributed by atoms with van der Waals surface area (Å²) in [5.41, 5.74) is 1.83. The minimum atomic E-state index is -2.70. The van der Waals surface area contributed by atoms with Crippen LogP contribution in [0.25, 0.3) is 0 Å². The number of alkyl halides is 2. The summed E-state index contributed by atoms with van der Waals surface area (Å²) in [6.07, 6.45) is -0.143. The molecule has 0 saturated heterocycles. The van der Waals surface area contributed by atoms with Crippen molar-refractivity contribution < 1.29 is 8.78 Å². The highest BCUT2D eigenvalue weighted by atomic mass is 19.3. The first-order valence-corrected chi connectivity index (χ1v) is 5.37. The largest absolute Gasteiger partial charge is 0.273 e. The van der Waals surface area contributed by atoms with Gasteiger partial charge in [-0.3, -0.25) is 0 Å². The quantitative estimate of drug-likeness (QED) is 0.685. The second-order valence-electron chi connectivity index (χ2n) is 4.29. The van der Waals surface area contributed by atoms with Gasteiger partial charge in [-0.2, -0.15) is 0 Å². The van der Waals surface area contributed by atoms with Crippen LogP contribution < -0.4 is 0 Å². The smallest absolute Gasteiger partial charge is 0.201 e. The Balaban J connectivity index is 3.22. The van der Waals surface area contributed by atoms with Gasteiger partial charge >= 0.3 is 0 Å². The van der Waals surface area contributed by atoms with Gasteiger partial charge in [0.2, 0.25) is 0 Å². The van der Waals surface area contributed by atoms with E-state index in [-0.39, 0.29) is 17.9 Å². The molecular weight excluding hydrogens is 194 g/mol. The molecule has 0 saturated carbocycles. The Kier molecular flexibility index (Phi) is 3.48. The number of aryl methyl sites for hydroxylation is 1. The van der Waals surface area contributed by atoms with Gasteiger partial charge in [0, 0.05) is 12.0 Å². The SMILES string of the molecule is CCC(F)(F)c1cc(C(C)C)ccc1C. The predicted octanol–water partition coefficient (Wildman–Crippen LogP) is 4.62. The highest BCUT2D eigenvalue weighted by molar-refractivity contribution is 5.35. The van der Waals surface area contributed by atoms with Gasteiger partial charge in [0.25, 0.3) is 5.92 Å². The molecule has 15 heavy (non-hydrogen) atoms. The molecule has 2 heteroatoms. The zero-order valence-corrected chi connectivity index (χ0v) is 9.77. The summed E-state index contributed by atoms with van der Waals surface area (Å²) < 4.78 is 27.2. The Morgan fingerprint density at radius 2 is 1.87 bits per heavy atom. The van der Waals surface area contributed by atoms with E-state index in [1.807, 2.05) is 19.9 Å². The van der Waals surface area contributed by atoms with Gasteiger partial charge in [-0.15, -0.1) is 0 Å². The lowest BCUT2D eigenvalue weighted by molar-refractivity contribution is -0.00897. The number of hydrogen-bond donors (Lipinski definition) is 0. The first-order chi connectivity index (χ1) is 6.88. The molecule has 0 heterocycles. The standard InChI is InChI=1S/C13H18F2/c1-5-13(14,15)12-8-11(9(2)3)7-6-10(12)4/h6-9H,5H2,1-4H3. The maximum atomic E-state index is 13.6. The Morgan fingerprint density at radius 1 is 1.27 bits per heavy atom. The van der Waals surface area contributed by atoms with E-state index < -0.39 is 5.92 Å². The first kappa shape index (κ1) is 12.2. The fourth-order valence-corrected chi connectivity index (χ4v) is 1.58. The van der Waals surface area contributed by atoms with Gasteiger partial charge in [0.1, 0.15) is 0 Å². The third kappa shape index (κ3) is 2.55. The molecule has 1 aromatic rings. The fraction of sp³-hybridized carbons (Fsp3) is 0.538. The Morgan fingerprint density at radius 3 is 2.33 bits per heavy atom. The molecule has 0 nitrogen and oxygen atoms in total. The summed E-state index contributed by atoms with van der Waals surface area (Å²) in [6.45, 7) is 7.28. The third-order valence-electron chi connectivity index (χ3n) is 2.77. The number of rotatable bonds is 3. The van der Waals surface area contributed by atoms with Gasteiger partial charge in [-0.1, -0.05) is 32.9 Å². The van der Waals surface area contributed by atoms with Crippen molar-refractivity contribution in [3.63, 3.8) is 0 Å². The highest BCUT2D eigenvalue weighted by Gasteiger charge is 2.30. The van der Waals surface area contributed by atoms with Gasteiger partial charge < -0.3 is 0 Å². The Labute approximate surface area is 90.3 Å². The highest BCUT2D eigenvalue weighted by Crippen LogP contribution is 2.35. The zero-order chi connectivity index (χ0) is 11.6. The average Bonchev–Trinajstić information content (AvgIpc) is 2.17. The second-order valence-corrected chi connectivity index (χ2v) is 4.29. The molecule has 1 aromatic carbocycles. The molecule has 0 radical (unpaired) electrons. The van der Waals surface area contributed by atoms with Crippen LogP contribution in [0.3, 0.4) is 0 Å². The summed E-state index contributed by atoms with van der Waals surface area (Å²) in [5.74, 6) is -2.41. The lowest BCUT2D eigenvalue weighted by Crippen LogP contribution is -2.14. The molecule has 1 rings (SSSR count). The summed E-state index contributed by atoms with van der Waals surface area (Å²) in [4.78, 5) is 0. The van der Waals surface area contributed by atoms with Crippen LogP contribution in [0.4, 0.5) is 8.78 Å². The topological polar surface area (TPSA) is 0 Å². The fourth-order valence-electron chi connectivity index (χ4n) is 1.58. The van der Waals surface area contributed by atoms with E-state index >= 15 is 0 Å². The molecule has 0 fully saturated rings. The van der Waals surface area contributed by atoms with Crippen LogP contribution in [0.1, 0.15) is 49.8 Å². The van der Waals surface area contributed by atoms with Crippen molar-refractivity contribution in [2.24, 2.45) is 0 Å². The van der Waals surface area contributed by atoms with Crippen LogP contribution in [0.15, 0.2) is 18.2 Å². The number of benzene rings is 1. The molecular formula is C13H18F2. The molecule has 0 aliphatic heterocycles. The summed E-state index contributed by atoms with van der Waals surface area (Å²) in [7, 11) is 0.